The van der Waals surface area contributed by atoms with Crippen LogP contribution in [0.15, 0.2) is 67.3 Å². The molecule has 0 bridgehead atoms. The summed E-state index contributed by atoms with van der Waals surface area (Å²) in [7, 11) is 1.61. The molecule has 0 spiro atoms. The minimum absolute atomic E-state index is 0.419. The normalized spacial score (nSPS) is 11.0. The zero-order valence-electron chi connectivity index (χ0n) is 22.4. The van der Waals surface area contributed by atoms with E-state index in [1.54, 1.807) is 56.2 Å². The third-order valence-corrected chi connectivity index (χ3v) is 5.46. The molecular formula is C29H26N8O3. The van der Waals surface area contributed by atoms with Crippen LogP contribution < -0.4 is 10.1 Å². The van der Waals surface area contributed by atoms with Crippen LogP contribution in [0.3, 0.4) is 0 Å². The van der Waals surface area contributed by atoms with Gasteiger partial charge in [-0.05, 0) is 63.1 Å². The molecule has 40 heavy (non-hydrogen) atoms. The van der Waals surface area contributed by atoms with Crippen LogP contribution in [0.4, 0.5) is 10.7 Å². The highest BCUT2D eigenvalue weighted by Gasteiger charge is 2.20. The first-order valence-electron chi connectivity index (χ1n) is 12.4. The van der Waals surface area contributed by atoms with E-state index in [1.807, 2.05) is 39.0 Å². The molecule has 11 nitrogen and oxygen atoms in total. The molecule has 0 aliphatic heterocycles. The van der Waals surface area contributed by atoms with E-state index >= 15 is 0 Å². The Hall–Kier alpha value is -5.37. The highest BCUT2D eigenvalue weighted by Crippen LogP contribution is 2.18. The fourth-order valence-electron chi connectivity index (χ4n) is 3.67. The molecule has 11 heteroatoms. The number of anilines is 1. The van der Waals surface area contributed by atoms with E-state index in [0.29, 0.717) is 35.2 Å². The van der Waals surface area contributed by atoms with E-state index in [4.69, 9.17) is 9.47 Å². The maximum atomic E-state index is 12.4. The molecule has 0 saturated heterocycles. The smallest absolute Gasteiger partial charge is 0.435 e. The lowest BCUT2D eigenvalue weighted by atomic mass is 10.1. The number of carbonyl (C=O) groups excluding carboxylic acids is 1. The van der Waals surface area contributed by atoms with Crippen molar-refractivity contribution in [2.75, 3.05) is 12.4 Å². The SMILES string of the molecule is COc1ccnc(CNc2nccc(-c3nccc(C#Cc4ccc5c(cnn5C(=O)OC(C)(C)C)c4)n3)n2)c1. The number of fused-ring (bicyclic) bond motifs is 1. The second-order valence-corrected chi connectivity index (χ2v) is 9.63. The molecule has 0 aliphatic carbocycles. The Morgan fingerprint density at radius 1 is 0.975 bits per heavy atom. The quantitative estimate of drug-likeness (QED) is 0.322. The van der Waals surface area contributed by atoms with Crippen molar-refractivity contribution in [2.24, 2.45) is 0 Å². The summed E-state index contributed by atoms with van der Waals surface area (Å²) in [6.45, 7) is 5.86. The summed E-state index contributed by atoms with van der Waals surface area (Å²) in [5, 5.41) is 8.10. The third-order valence-electron chi connectivity index (χ3n) is 5.46. The molecule has 200 valence electrons. The highest BCUT2D eigenvalue weighted by atomic mass is 16.6. The first-order valence-corrected chi connectivity index (χ1v) is 12.4. The van der Waals surface area contributed by atoms with Crippen molar-refractivity contribution in [2.45, 2.75) is 32.9 Å². The average Bonchev–Trinajstić information content (AvgIpc) is 3.38. The van der Waals surface area contributed by atoms with E-state index < -0.39 is 11.7 Å². The number of aromatic nitrogens is 7. The third kappa shape index (κ3) is 6.36. The number of methoxy groups -OCH3 is 1. The van der Waals surface area contributed by atoms with Crippen LogP contribution in [0.1, 0.15) is 37.7 Å². The number of pyridine rings is 1. The largest absolute Gasteiger partial charge is 0.497 e. The molecular weight excluding hydrogens is 508 g/mol. The zero-order valence-corrected chi connectivity index (χ0v) is 22.4. The van der Waals surface area contributed by atoms with Gasteiger partial charge in [-0.2, -0.15) is 9.78 Å². The fraction of sp³-hybridized carbons (Fsp3) is 0.207. The van der Waals surface area contributed by atoms with Gasteiger partial charge >= 0.3 is 6.09 Å². The van der Waals surface area contributed by atoms with E-state index in [9.17, 15) is 4.79 Å². The zero-order chi connectivity index (χ0) is 28.1. The monoisotopic (exact) mass is 534 g/mol. The van der Waals surface area contributed by atoms with Gasteiger partial charge in [0.1, 0.15) is 22.7 Å². The molecule has 0 amide bonds. The summed E-state index contributed by atoms with van der Waals surface area (Å²) in [5.41, 5.74) is 2.64. The summed E-state index contributed by atoms with van der Waals surface area (Å²) >= 11 is 0. The predicted octanol–water partition coefficient (Wildman–Crippen LogP) is 4.48. The molecule has 0 unspecified atom stereocenters. The Morgan fingerprint density at radius 3 is 2.62 bits per heavy atom. The number of hydrogen-bond donors (Lipinski definition) is 1. The fourth-order valence-corrected chi connectivity index (χ4v) is 3.67. The van der Waals surface area contributed by atoms with E-state index in [1.165, 1.54) is 4.68 Å². The number of nitrogens with zero attached hydrogens (tertiary/aromatic N) is 7. The van der Waals surface area contributed by atoms with Crippen molar-refractivity contribution in [3.05, 3.63) is 84.2 Å². The van der Waals surface area contributed by atoms with Crippen LogP contribution in [0.2, 0.25) is 0 Å². The molecule has 0 aliphatic rings. The number of ether oxygens (including phenoxy) is 2. The summed E-state index contributed by atoms with van der Waals surface area (Å²) in [5.74, 6) is 7.75. The van der Waals surface area contributed by atoms with Gasteiger partial charge in [0.05, 0.1) is 31.1 Å². The van der Waals surface area contributed by atoms with Gasteiger partial charge in [-0.3, -0.25) is 4.98 Å². The molecule has 4 heterocycles. The van der Waals surface area contributed by atoms with Crippen LogP contribution in [0.25, 0.3) is 22.4 Å². The lowest BCUT2D eigenvalue weighted by Gasteiger charge is -2.19. The second-order valence-electron chi connectivity index (χ2n) is 9.63. The summed E-state index contributed by atoms with van der Waals surface area (Å²) < 4.78 is 11.9. The van der Waals surface area contributed by atoms with Crippen molar-refractivity contribution in [3.63, 3.8) is 0 Å². The lowest BCUT2D eigenvalue weighted by Crippen LogP contribution is -2.27. The van der Waals surface area contributed by atoms with E-state index in [-0.39, 0.29) is 0 Å². The Bertz CT molecular complexity index is 1750. The molecule has 0 radical (unpaired) electrons. The van der Waals surface area contributed by atoms with Crippen LogP contribution in [0, 0.1) is 11.8 Å². The molecule has 5 rings (SSSR count). The highest BCUT2D eigenvalue weighted by molar-refractivity contribution is 5.88. The molecule has 1 N–H and O–H groups in total. The predicted molar refractivity (Wildman–Crippen MR) is 149 cm³/mol. The number of benzene rings is 1. The Labute approximate surface area is 230 Å². The van der Waals surface area contributed by atoms with Gasteiger partial charge in [-0.15, -0.1) is 0 Å². The van der Waals surface area contributed by atoms with E-state index in [2.05, 4.69) is 47.2 Å². The molecule has 4 aromatic heterocycles. The molecule has 0 saturated carbocycles. The van der Waals surface area contributed by atoms with E-state index in [0.717, 1.165) is 22.4 Å². The molecule has 5 aromatic rings. The number of carbonyl (C=O) groups is 1. The van der Waals surface area contributed by atoms with Crippen LogP contribution in [-0.4, -0.2) is 53.5 Å². The minimum atomic E-state index is -0.616. The summed E-state index contributed by atoms with van der Waals surface area (Å²) in [6.07, 6.45) is 6.03. The minimum Gasteiger partial charge on any atom is -0.497 e. The van der Waals surface area contributed by atoms with Gasteiger partial charge in [0.15, 0.2) is 5.82 Å². The van der Waals surface area contributed by atoms with Crippen molar-refractivity contribution in [1.29, 1.82) is 0 Å². The van der Waals surface area contributed by atoms with Crippen molar-refractivity contribution in [3.8, 4) is 29.1 Å². The Balaban J connectivity index is 1.31. The van der Waals surface area contributed by atoms with Crippen molar-refractivity contribution >= 4 is 22.9 Å². The molecule has 0 atom stereocenters. The van der Waals surface area contributed by atoms with Crippen LogP contribution in [0.5, 0.6) is 5.75 Å². The van der Waals surface area contributed by atoms with Gasteiger partial charge in [0.2, 0.25) is 5.95 Å². The van der Waals surface area contributed by atoms with Gasteiger partial charge in [0.25, 0.3) is 0 Å². The average molecular weight is 535 g/mol. The topological polar surface area (TPSA) is 130 Å². The Morgan fingerprint density at radius 2 is 1.80 bits per heavy atom. The van der Waals surface area contributed by atoms with Gasteiger partial charge in [0, 0.05) is 35.6 Å². The van der Waals surface area contributed by atoms with Gasteiger partial charge in [-0.25, -0.2) is 24.7 Å². The van der Waals surface area contributed by atoms with Gasteiger partial charge in [-0.1, -0.05) is 5.92 Å². The number of nitrogens with one attached hydrogen (secondary N) is 1. The maximum absolute atomic E-state index is 12.4. The number of hydrogen-bond acceptors (Lipinski definition) is 10. The first kappa shape index (κ1) is 26.2. The summed E-state index contributed by atoms with van der Waals surface area (Å²) in [4.78, 5) is 34.5. The standard InChI is InChI=1S/C29H26N8O3/c1-29(2,3)40-28(38)37-25-8-6-19(15-20(25)17-34-37)5-7-21-9-12-31-26(35-21)24-11-14-32-27(36-24)33-18-22-16-23(39-4)10-13-30-22/h6,8-17H,18H2,1-4H3,(H,32,33,36). The van der Waals surface area contributed by atoms with Crippen molar-refractivity contribution in [1.82, 2.24) is 34.7 Å². The first-order chi connectivity index (χ1) is 19.3. The van der Waals surface area contributed by atoms with Crippen LogP contribution in [-0.2, 0) is 11.3 Å². The second kappa shape index (κ2) is 11.2. The lowest BCUT2D eigenvalue weighted by molar-refractivity contribution is 0.0522. The van der Waals surface area contributed by atoms with Gasteiger partial charge < -0.3 is 14.8 Å². The molecule has 1 aromatic carbocycles. The number of rotatable bonds is 5. The Kier molecular flexibility index (Phi) is 7.33. The summed E-state index contributed by atoms with van der Waals surface area (Å²) in [6, 6.07) is 12.6. The maximum Gasteiger partial charge on any atom is 0.435 e. The van der Waals surface area contributed by atoms with Crippen molar-refractivity contribution < 1.29 is 14.3 Å². The van der Waals surface area contributed by atoms with Crippen LogP contribution >= 0.6 is 0 Å². The molecule has 0 fully saturated rings.